The van der Waals surface area contributed by atoms with E-state index in [1.165, 1.54) is 19.4 Å². The van der Waals surface area contributed by atoms with Crippen molar-refractivity contribution in [1.82, 2.24) is 24.3 Å². The van der Waals surface area contributed by atoms with Gasteiger partial charge in [-0.25, -0.2) is 4.98 Å². The number of hydrogen-bond donors (Lipinski definition) is 0. The summed E-state index contributed by atoms with van der Waals surface area (Å²) in [6.07, 6.45) is 7.21. The standard InChI is InChI=1S/C24H29N5O2/c1-16-2-5-20(25-12-16)22(31)28-9-6-19-18(14-28)21(30)29-11-8-24(23(29)26-19)7-10-27(15-24)13-17-3-4-17/h2,5,12,17H,3-4,6-11,13-15H2,1H3/t24-/m0/s1. The maximum atomic E-state index is 13.4. The van der Waals surface area contributed by atoms with E-state index in [-0.39, 0.29) is 16.9 Å². The number of aryl methyl sites for hydroxylation is 1. The Morgan fingerprint density at radius 2 is 2.03 bits per heavy atom. The van der Waals surface area contributed by atoms with Gasteiger partial charge in [0.2, 0.25) is 0 Å². The van der Waals surface area contributed by atoms with E-state index in [4.69, 9.17) is 4.98 Å². The van der Waals surface area contributed by atoms with Crippen LogP contribution in [-0.2, 0) is 24.9 Å². The second kappa shape index (κ2) is 6.99. The van der Waals surface area contributed by atoms with Gasteiger partial charge in [-0.3, -0.25) is 19.1 Å². The molecule has 1 saturated heterocycles. The van der Waals surface area contributed by atoms with Gasteiger partial charge in [0, 0.05) is 44.2 Å². The fourth-order valence-electron chi connectivity index (χ4n) is 5.66. The predicted octanol–water partition coefficient (Wildman–Crippen LogP) is 1.90. The number of hydrogen-bond acceptors (Lipinski definition) is 5. The molecule has 5 heterocycles. The van der Waals surface area contributed by atoms with Crippen LogP contribution in [0.3, 0.4) is 0 Å². The van der Waals surface area contributed by atoms with Crippen LogP contribution in [-0.4, -0.2) is 56.4 Å². The van der Waals surface area contributed by atoms with Crippen LogP contribution in [0.15, 0.2) is 23.1 Å². The molecule has 0 unspecified atom stereocenters. The van der Waals surface area contributed by atoms with E-state index >= 15 is 0 Å². The number of pyridine rings is 1. The Labute approximate surface area is 182 Å². The molecule has 0 N–H and O–H groups in total. The lowest BCUT2D eigenvalue weighted by molar-refractivity contribution is 0.0726. The van der Waals surface area contributed by atoms with Gasteiger partial charge < -0.3 is 9.80 Å². The molecule has 0 aromatic carbocycles. The molecule has 0 radical (unpaired) electrons. The molecule has 1 amide bonds. The first-order chi connectivity index (χ1) is 15.0. The topological polar surface area (TPSA) is 71.3 Å². The molecule has 0 bridgehead atoms. The molecule has 1 saturated carbocycles. The summed E-state index contributed by atoms with van der Waals surface area (Å²) in [5, 5.41) is 0. The maximum Gasteiger partial charge on any atom is 0.272 e. The zero-order chi connectivity index (χ0) is 21.2. The van der Waals surface area contributed by atoms with E-state index in [1.54, 1.807) is 17.2 Å². The molecule has 7 heteroatoms. The smallest absolute Gasteiger partial charge is 0.272 e. The molecule has 2 aromatic heterocycles. The Bertz CT molecular complexity index is 1100. The highest BCUT2D eigenvalue weighted by molar-refractivity contribution is 5.92. The minimum atomic E-state index is -0.112. The molecular formula is C24H29N5O2. The lowest BCUT2D eigenvalue weighted by atomic mass is 9.85. The SMILES string of the molecule is Cc1ccc(C(=O)N2CCc3nc4n(c(=O)c3C2)CC[C@]42CCN(CC3CC3)C2)nc1. The van der Waals surface area contributed by atoms with Crippen molar-refractivity contribution in [3.05, 3.63) is 57.0 Å². The average Bonchev–Trinajstić information content (AvgIpc) is 3.40. The van der Waals surface area contributed by atoms with E-state index in [9.17, 15) is 9.59 Å². The van der Waals surface area contributed by atoms with Gasteiger partial charge in [-0.15, -0.1) is 0 Å². The first-order valence-corrected chi connectivity index (χ1v) is 11.6. The van der Waals surface area contributed by atoms with Gasteiger partial charge in [0.1, 0.15) is 11.5 Å². The monoisotopic (exact) mass is 419 g/mol. The molecule has 1 atom stereocenters. The third kappa shape index (κ3) is 3.21. The third-order valence-corrected chi connectivity index (χ3v) is 7.67. The summed E-state index contributed by atoms with van der Waals surface area (Å²) in [5.41, 5.74) is 3.16. The number of aromatic nitrogens is 3. The van der Waals surface area contributed by atoms with Gasteiger partial charge in [0.15, 0.2) is 0 Å². The Balaban J connectivity index is 1.27. The fourth-order valence-corrected chi connectivity index (χ4v) is 5.66. The lowest BCUT2D eigenvalue weighted by Gasteiger charge is -2.29. The summed E-state index contributed by atoms with van der Waals surface area (Å²) in [7, 11) is 0. The van der Waals surface area contributed by atoms with Crippen molar-refractivity contribution in [3.8, 4) is 0 Å². The Morgan fingerprint density at radius 1 is 1.19 bits per heavy atom. The van der Waals surface area contributed by atoms with Gasteiger partial charge in [-0.2, -0.15) is 0 Å². The molecule has 4 aliphatic rings. The highest BCUT2D eigenvalue weighted by Crippen LogP contribution is 2.42. The Morgan fingerprint density at radius 3 is 2.81 bits per heavy atom. The molecule has 6 rings (SSSR count). The van der Waals surface area contributed by atoms with E-state index in [0.29, 0.717) is 30.8 Å². The van der Waals surface area contributed by atoms with E-state index in [0.717, 1.165) is 55.5 Å². The number of carbonyl (C=O) groups is 1. The first kappa shape index (κ1) is 19.2. The molecular weight excluding hydrogens is 390 g/mol. The number of nitrogens with zero attached hydrogens (tertiary/aromatic N) is 5. The zero-order valence-electron chi connectivity index (χ0n) is 18.1. The maximum absolute atomic E-state index is 13.4. The molecule has 7 nitrogen and oxygen atoms in total. The second-order valence-electron chi connectivity index (χ2n) is 9.97. The van der Waals surface area contributed by atoms with Crippen molar-refractivity contribution in [3.63, 3.8) is 0 Å². The van der Waals surface area contributed by atoms with Gasteiger partial charge in [-0.05, 0) is 56.7 Å². The number of likely N-dealkylation sites (tertiary alicyclic amines) is 1. The largest absolute Gasteiger partial charge is 0.332 e. The van der Waals surface area contributed by atoms with Crippen LogP contribution in [0.4, 0.5) is 0 Å². The summed E-state index contributed by atoms with van der Waals surface area (Å²) in [4.78, 5) is 40.0. The molecule has 3 aliphatic heterocycles. The van der Waals surface area contributed by atoms with Crippen molar-refractivity contribution in [2.45, 2.75) is 57.5 Å². The Hall–Kier alpha value is -2.54. The Kier molecular flexibility index (Phi) is 4.32. The van der Waals surface area contributed by atoms with Crippen molar-refractivity contribution >= 4 is 5.91 Å². The van der Waals surface area contributed by atoms with E-state index in [1.807, 2.05) is 17.6 Å². The minimum Gasteiger partial charge on any atom is -0.332 e. The number of amides is 1. The van der Waals surface area contributed by atoms with Crippen LogP contribution >= 0.6 is 0 Å². The summed E-state index contributed by atoms with van der Waals surface area (Å²) >= 11 is 0. The highest BCUT2D eigenvalue weighted by Gasteiger charge is 2.47. The van der Waals surface area contributed by atoms with E-state index < -0.39 is 0 Å². The molecule has 2 fully saturated rings. The van der Waals surface area contributed by atoms with E-state index in [2.05, 4.69) is 9.88 Å². The molecule has 1 aliphatic carbocycles. The normalized spacial score (nSPS) is 25.1. The van der Waals surface area contributed by atoms with Gasteiger partial charge in [-0.1, -0.05) is 6.07 Å². The number of carbonyl (C=O) groups excluding carboxylic acids is 1. The van der Waals surface area contributed by atoms with Crippen LogP contribution in [0.25, 0.3) is 0 Å². The summed E-state index contributed by atoms with van der Waals surface area (Å²) in [6.45, 7) is 6.98. The van der Waals surface area contributed by atoms with Gasteiger partial charge in [0.25, 0.3) is 11.5 Å². The van der Waals surface area contributed by atoms with Crippen LogP contribution in [0.1, 0.15) is 58.8 Å². The molecule has 162 valence electrons. The quantitative estimate of drug-likeness (QED) is 0.760. The van der Waals surface area contributed by atoms with Crippen LogP contribution in [0.5, 0.6) is 0 Å². The molecule has 31 heavy (non-hydrogen) atoms. The van der Waals surface area contributed by atoms with Crippen LogP contribution in [0.2, 0.25) is 0 Å². The van der Waals surface area contributed by atoms with Crippen molar-refractivity contribution in [2.75, 3.05) is 26.2 Å². The van der Waals surface area contributed by atoms with Gasteiger partial charge >= 0.3 is 0 Å². The predicted molar refractivity (Wildman–Crippen MR) is 116 cm³/mol. The first-order valence-electron chi connectivity index (χ1n) is 11.6. The summed E-state index contributed by atoms with van der Waals surface area (Å²) in [6, 6.07) is 3.66. The van der Waals surface area contributed by atoms with Crippen LogP contribution in [0, 0.1) is 12.8 Å². The molecule has 2 aromatic rings. The summed E-state index contributed by atoms with van der Waals surface area (Å²) < 4.78 is 1.91. The number of rotatable bonds is 3. The second-order valence-corrected chi connectivity index (χ2v) is 9.97. The number of fused-ring (bicyclic) bond motifs is 3. The van der Waals surface area contributed by atoms with Crippen molar-refractivity contribution < 1.29 is 4.79 Å². The van der Waals surface area contributed by atoms with Crippen molar-refractivity contribution in [1.29, 1.82) is 0 Å². The zero-order valence-corrected chi connectivity index (χ0v) is 18.1. The lowest BCUT2D eigenvalue weighted by Crippen LogP contribution is -2.42. The van der Waals surface area contributed by atoms with Gasteiger partial charge in [0.05, 0.1) is 17.8 Å². The van der Waals surface area contributed by atoms with Crippen LogP contribution < -0.4 is 5.56 Å². The highest BCUT2D eigenvalue weighted by atomic mass is 16.2. The minimum absolute atomic E-state index is 0.0435. The molecule has 1 spiro atoms. The van der Waals surface area contributed by atoms with Crippen molar-refractivity contribution in [2.24, 2.45) is 5.92 Å². The summed E-state index contributed by atoms with van der Waals surface area (Å²) in [5.74, 6) is 1.79. The fraction of sp³-hybridized carbons (Fsp3) is 0.583. The average molecular weight is 420 g/mol. The third-order valence-electron chi connectivity index (χ3n) is 7.67.